The Hall–Kier alpha value is -2.01. The summed E-state index contributed by atoms with van der Waals surface area (Å²) >= 11 is 4.97. The summed E-state index contributed by atoms with van der Waals surface area (Å²) in [7, 11) is 0. The van der Waals surface area contributed by atoms with E-state index in [1.807, 2.05) is 6.92 Å². The quantitative estimate of drug-likeness (QED) is 0.848. The Balaban J connectivity index is 1.89. The Morgan fingerprint density at radius 3 is 2.80 bits per heavy atom. The Morgan fingerprint density at radius 2 is 2.00 bits per heavy atom. The molecule has 0 unspecified atom stereocenters. The van der Waals surface area contributed by atoms with E-state index in [0.29, 0.717) is 11.6 Å². The second kappa shape index (κ2) is 5.17. The van der Waals surface area contributed by atoms with Crippen LogP contribution in [0.15, 0.2) is 24.3 Å². The van der Waals surface area contributed by atoms with Crippen molar-refractivity contribution < 1.29 is 0 Å². The molecule has 0 saturated heterocycles. The van der Waals surface area contributed by atoms with Gasteiger partial charge < -0.3 is 11.1 Å². The van der Waals surface area contributed by atoms with E-state index in [2.05, 4.69) is 33.5 Å². The number of fused-ring (bicyclic) bond motifs is 1. The van der Waals surface area contributed by atoms with Crippen LogP contribution in [0, 0.1) is 6.92 Å². The molecule has 1 aliphatic carbocycles. The average Bonchev–Trinajstić information content (AvgIpc) is 2.85. The fourth-order valence-electron chi connectivity index (χ4n) is 2.53. The van der Waals surface area contributed by atoms with Crippen molar-refractivity contribution in [1.29, 1.82) is 0 Å². The van der Waals surface area contributed by atoms with Crippen LogP contribution in [-0.4, -0.2) is 15.0 Å². The lowest BCUT2D eigenvalue weighted by Gasteiger charge is -2.09. The van der Waals surface area contributed by atoms with Crippen molar-refractivity contribution in [3.05, 3.63) is 46.8 Å². The summed E-state index contributed by atoms with van der Waals surface area (Å²) in [6.45, 7) is 1.90. The maximum Gasteiger partial charge on any atom is 0.228 e. The zero-order valence-electron chi connectivity index (χ0n) is 11.3. The molecule has 2 aromatic rings. The van der Waals surface area contributed by atoms with Crippen LogP contribution in [0.25, 0.3) is 0 Å². The van der Waals surface area contributed by atoms with E-state index in [1.165, 1.54) is 24.0 Å². The number of hydrogen-bond acceptors (Lipinski definition) is 4. The largest absolute Gasteiger partial charge is 0.388 e. The van der Waals surface area contributed by atoms with Gasteiger partial charge in [0.25, 0.3) is 0 Å². The van der Waals surface area contributed by atoms with Crippen molar-refractivity contribution >= 4 is 28.8 Å². The number of rotatable bonds is 3. The molecule has 0 radical (unpaired) electrons. The fraction of sp³-hybridized carbons (Fsp3) is 0.267. The number of nitrogens with zero attached hydrogens (tertiary/aromatic N) is 2. The van der Waals surface area contributed by atoms with Crippen LogP contribution in [-0.2, 0) is 12.8 Å². The molecule has 0 amide bonds. The summed E-state index contributed by atoms with van der Waals surface area (Å²) in [6, 6.07) is 8.20. The third-order valence-corrected chi connectivity index (χ3v) is 3.67. The smallest absolute Gasteiger partial charge is 0.228 e. The van der Waals surface area contributed by atoms with Gasteiger partial charge in [0.2, 0.25) is 5.95 Å². The molecule has 0 spiro atoms. The van der Waals surface area contributed by atoms with Gasteiger partial charge in [-0.3, -0.25) is 0 Å². The maximum atomic E-state index is 5.63. The summed E-state index contributed by atoms with van der Waals surface area (Å²) in [5.74, 6) is 0.533. The molecule has 0 atom stereocenters. The predicted octanol–water partition coefficient (Wildman–Crippen LogP) is 2.65. The van der Waals surface area contributed by atoms with E-state index in [9.17, 15) is 0 Å². The zero-order chi connectivity index (χ0) is 14.1. The van der Waals surface area contributed by atoms with Crippen LogP contribution in [0.4, 0.5) is 11.6 Å². The highest BCUT2D eigenvalue weighted by Crippen LogP contribution is 2.26. The van der Waals surface area contributed by atoms with Crippen LogP contribution in [0.3, 0.4) is 0 Å². The summed E-state index contributed by atoms with van der Waals surface area (Å²) in [5, 5.41) is 3.23. The van der Waals surface area contributed by atoms with Gasteiger partial charge in [-0.15, -0.1) is 0 Å². The third kappa shape index (κ3) is 2.63. The number of nitrogens with one attached hydrogen (secondary N) is 1. The normalized spacial score (nSPS) is 13.1. The molecule has 20 heavy (non-hydrogen) atoms. The van der Waals surface area contributed by atoms with Crippen molar-refractivity contribution in [2.24, 2.45) is 5.73 Å². The van der Waals surface area contributed by atoms with Crippen molar-refractivity contribution in [2.45, 2.75) is 26.2 Å². The zero-order valence-corrected chi connectivity index (χ0v) is 12.1. The van der Waals surface area contributed by atoms with Crippen molar-refractivity contribution in [3.63, 3.8) is 0 Å². The monoisotopic (exact) mass is 284 g/mol. The lowest BCUT2D eigenvalue weighted by molar-refractivity contribution is 0.912. The lowest BCUT2D eigenvalue weighted by atomic mass is 10.1. The number of aryl methyl sites for hydroxylation is 3. The SMILES string of the molecule is Cc1cc(C(N)=S)nc(Nc2ccc3c(c2)CCC3)n1. The van der Waals surface area contributed by atoms with Gasteiger partial charge in [0.05, 0.1) is 0 Å². The molecule has 1 heterocycles. The minimum absolute atomic E-state index is 0.285. The Labute approximate surface area is 123 Å². The van der Waals surface area contributed by atoms with Gasteiger partial charge in [0.1, 0.15) is 10.7 Å². The number of aromatic nitrogens is 2. The molecule has 0 fully saturated rings. The van der Waals surface area contributed by atoms with Crippen molar-refractivity contribution in [2.75, 3.05) is 5.32 Å². The van der Waals surface area contributed by atoms with Crippen LogP contribution in [0.5, 0.6) is 0 Å². The highest BCUT2D eigenvalue weighted by molar-refractivity contribution is 7.80. The van der Waals surface area contributed by atoms with Crippen LogP contribution in [0.2, 0.25) is 0 Å². The lowest BCUT2D eigenvalue weighted by Crippen LogP contribution is -2.13. The van der Waals surface area contributed by atoms with Crippen LogP contribution < -0.4 is 11.1 Å². The molecule has 5 heteroatoms. The number of anilines is 2. The number of benzene rings is 1. The van der Waals surface area contributed by atoms with E-state index in [-0.39, 0.29) is 4.99 Å². The average molecular weight is 284 g/mol. The Kier molecular flexibility index (Phi) is 3.36. The van der Waals surface area contributed by atoms with Gasteiger partial charge in [-0.1, -0.05) is 18.3 Å². The fourth-order valence-corrected chi connectivity index (χ4v) is 2.63. The molecule has 1 aliphatic rings. The summed E-state index contributed by atoms with van der Waals surface area (Å²) in [5.41, 5.74) is 10.9. The third-order valence-electron chi connectivity index (χ3n) is 3.46. The molecule has 3 rings (SSSR count). The van der Waals surface area contributed by atoms with Gasteiger partial charge in [-0.25, -0.2) is 9.97 Å². The summed E-state index contributed by atoms with van der Waals surface area (Å²) < 4.78 is 0. The topological polar surface area (TPSA) is 63.8 Å². The first kappa shape index (κ1) is 13.0. The number of thiocarbonyl (C=S) groups is 1. The standard InChI is InChI=1S/C15H16N4S/c1-9-7-13(14(16)20)19-15(17-9)18-12-6-5-10-3-2-4-11(10)8-12/h5-8H,2-4H2,1H3,(H2,16,20)(H,17,18,19). The second-order valence-electron chi connectivity index (χ2n) is 5.04. The molecule has 1 aromatic heterocycles. The van der Waals surface area contributed by atoms with Crippen LogP contribution >= 0.6 is 12.2 Å². The highest BCUT2D eigenvalue weighted by Gasteiger charge is 2.11. The minimum atomic E-state index is 0.285. The van der Waals surface area contributed by atoms with Gasteiger partial charge in [-0.2, -0.15) is 0 Å². The first-order valence-electron chi connectivity index (χ1n) is 6.66. The molecular weight excluding hydrogens is 268 g/mol. The molecule has 1 aromatic carbocycles. The molecule has 3 N–H and O–H groups in total. The van der Waals surface area contributed by atoms with E-state index in [1.54, 1.807) is 6.07 Å². The maximum absolute atomic E-state index is 5.63. The first-order chi connectivity index (χ1) is 9.61. The van der Waals surface area contributed by atoms with Gasteiger partial charge in [-0.05, 0) is 55.5 Å². The van der Waals surface area contributed by atoms with E-state index < -0.39 is 0 Å². The van der Waals surface area contributed by atoms with E-state index in [0.717, 1.165) is 17.8 Å². The Morgan fingerprint density at radius 1 is 1.20 bits per heavy atom. The first-order valence-corrected chi connectivity index (χ1v) is 7.07. The van der Waals surface area contributed by atoms with E-state index >= 15 is 0 Å². The minimum Gasteiger partial charge on any atom is -0.388 e. The predicted molar refractivity (Wildman–Crippen MR) is 84.4 cm³/mol. The Bertz CT molecular complexity index is 682. The van der Waals surface area contributed by atoms with Crippen LogP contribution in [0.1, 0.15) is 28.9 Å². The summed E-state index contributed by atoms with van der Waals surface area (Å²) in [4.78, 5) is 8.99. The van der Waals surface area contributed by atoms with Gasteiger partial charge in [0, 0.05) is 11.4 Å². The van der Waals surface area contributed by atoms with Crippen molar-refractivity contribution in [1.82, 2.24) is 9.97 Å². The molecule has 0 aliphatic heterocycles. The molecular formula is C15H16N4S. The number of nitrogens with two attached hydrogens (primary N) is 1. The highest BCUT2D eigenvalue weighted by atomic mass is 32.1. The molecule has 102 valence electrons. The second-order valence-corrected chi connectivity index (χ2v) is 5.48. The molecule has 0 saturated carbocycles. The molecule has 4 nitrogen and oxygen atoms in total. The number of hydrogen-bond donors (Lipinski definition) is 2. The van der Waals surface area contributed by atoms with Crippen molar-refractivity contribution in [3.8, 4) is 0 Å². The molecule has 0 bridgehead atoms. The van der Waals surface area contributed by atoms with Gasteiger partial charge >= 0.3 is 0 Å². The van der Waals surface area contributed by atoms with E-state index in [4.69, 9.17) is 18.0 Å². The van der Waals surface area contributed by atoms with Gasteiger partial charge in [0.15, 0.2) is 0 Å². The summed E-state index contributed by atoms with van der Waals surface area (Å²) in [6.07, 6.45) is 3.57.